The van der Waals surface area contributed by atoms with Gasteiger partial charge in [-0.3, -0.25) is 0 Å². The summed E-state index contributed by atoms with van der Waals surface area (Å²) in [5, 5.41) is 2.66. The molecule has 0 unspecified atom stereocenters. The number of aromatic amines is 2. The second-order valence-electron chi connectivity index (χ2n) is 6.92. The molecular formula is C22H26N2. The Labute approximate surface area is 143 Å². The minimum Gasteiger partial charge on any atom is -0.361 e. The third-order valence-electron chi connectivity index (χ3n) is 4.49. The highest BCUT2D eigenvalue weighted by molar-refractivity contribution is 5.83. The predicted molar refractivity (Wildman–Crippen MR) is 105 cm³/mol. The Balaban J connectivity index is 0.000000141. The van der Waals surface area contributed by atoms with Crippen molar-refractivity contribution in [2.75, 3.05) is 0 Å². The fourth-order valence-corrected chi connectivity index (χ4v) is 3.04. The molecule has 0 saturated carbocycles. The lowest BCUT2D eigenvalue weighted by atomic mass is 10.00. The van der Waals surface area contributed by atoms with Crippen molar-refractivity contribution in [3.05, 3.63) is 72.1 Å². The summed E-state index contributed by atoms with van der Waals surface area (Å²) in [5.74, 6) is 1.22. The molecule has 0 saturated heterocycles. The Hall–Kier alpha value is -2.48. The Kier molecular flexibility index (Phi) is 4.75. The van der Waals surface area contributed by atoms with Crippen molar-refractivity contribution in [2.45, 2.75) is 39.5 Å². The van der Waals surface area contributed by atoms with Crippen LogP contribution in [0.4, 0.5) is 0 Å². The number of hydrogen-bond donors (Lipinski definition) is 2. The van der Waals surface area contributed by atoms with Crippen molar-refractivity contribution in [2.24, 2.45) is 0 Å². The van der Waals surface area contributed by atoms with E-state index < -0.39 is 0 Å². The highest BCUT2D eigenvalue weighted by Gasteiger charge is 2.04. The maximum absolute atomic E-state index is 3.21. The first-order valence-electron chi connectivity index (χ1n) is 8.69. The van der Waals surface area contributed by atoms with E-state index in [9.17, 15) is 0 Å². The quantitative estimate of drug-likeness (QED) is 0.418. The molecule has 4 rings (SSSR count). The van der Waals surface area contributed by atoms with Gasteiger partial charge < -0.3 is 9.97 Å². The number of aromatic nitrogens is 2. The standard InChI is InChI=1S/2C11H13N/c1-8(2)9-3-4-11-10(7-9)5-6-12-11;1-8(2)9-4-3-5-11-10(9)6-7-12-11/h2*3-8,12H,1-2H3. The molecule has 2 heterocycles. The van der Waals surface area contributed by atoms with E-state index in [4.69, 9.17) is 0 Å². The smallest absolute Gasteiger partial charge is 0.0456 e. The van der Waals surface area contributed by atoms with E-state index in [2.05, 4.69) is 86.2 Å². The van der Waals surface area contributed by atoms with E-state index in [1.54, 1.807) is 0 Å². The van der Waals surface area contributed by atoms with E-state index in [1.807, 2.05) is 12.4 Å². The van der Waals surface area contributed by atoms with Crippen LogP contribution in [0.3, 0.4) is 0 Å². The Morgan fingerprint density at radius 1 is 0.708 bits per heavy atom. The van der Waals surface area contributed by atoms with Crippen LogP contribution in [0.25, 0.3) is 21.8 Å². The first-order chi connectivity index (χ1) is 11.6. The van der Waals surface area contributed by atoms with E-state index in [0.717, 1.165) is 0 Å². The number of benzene rings is 2. The van der Waals surface area contributed by atoms with Gasteiger partial charge in [0.1, 0.15) is 0 Å². The molecule has 4 aromatic rings. The monoisotopic (exact) mass is 318 g/mol. The van der Waals surface area contributed by atoms with Gasteiger partial charge in [-0.1, -0.05) is 45.9 Å². The van der Waals surface area contributed by atoms with Crippen LogP contribution < -0.4 is 0 Å². The molecule has 0 bridgehead atoms. The zero-order chi connectivity index (χ0) is 17.1. The summed E-state index contributed by atoms with van der Waals surface area (Å²) in [6, 6.07) is 17.2. The lowest BCUT2D eigenvalue weighted by molar-refractivity contribution is 0.869. The third kappa shape index (κ3) is 3.38. The average Bonchev–Trinajstić information content (AvgIpc) is 3.22. The van der Waals surface area contributed by atoms with Crippen molar-refractivity contribution < 1.29 is 0 Å². The molecule has 2 aromatic heterocycles. The molecule has 2 heteroatoms. The Morgan fingerprint density at radius 3 is 2.21 bits per heavy atom. The molecule has 24 heavy (non-hydrogen) atoms. The van der Waals surface area contributed by atoms with Gasteiger partial charge in [0.05, 0.1) is 0 Å². The van der Waals surface area contributed by atoms with E-state index >= 15 is 0 Å². The van der Waals surface area contributed by atoms with Gasteiger partial charge in [-0.2, -0.15) is 0 Å². The maximum atomic E-state index is 3.21. The Morgan fingerprint density at radius 2 is 1.46 bits per heavy atom. The van der Waals surface area contributed by atoms with Crippen molar-refractivity contribution in [1.82, 2.24) is 9.97 Å². The maximum Gasteiger partial charge on any atom is 0.0456 e. The van der Waals surface area contributed by atoms with Crippen molar-refractivity contribution >= 4 is 21.8 Å². The fraction of sp³-hybridized carbons (Fsp3) is 0.273. The summed E-state index contributed by atoms with van der Waals surface area (Å²) in [6.45, 7) is 8.88. The van der Waals surface area contributed by atoms with E-state index in [1.165, 1.54) is 32.9 Å². The highest BCUT2D eigenvalue weighted by atomic mass is 14.7. The zero-order valence-corrected chi connectivity index (χ0v) is 14.9. The molecular weight excluding hydrogens is 292 g/mol. The molecule has 0 radical (unpaired) electrons. The molecule has 0 atom stereocenters. The average molecular weight is 318 g/mol. The SMILES string of the molecule is CC(C)c1ccc2[nH]ccc2c1.CC(C)c1cccc2[nH]ccc12. The van der Waals surface area contributed by atoms with Crippen LogP contribution in [-0.2, 0) is 0 Å². The highest BCUT2D eigenvalue weighted by Crippen LogP contribution is 2.24. The lowest BCUT2D eigenvalue weighted by Crippen LogP contribution is -1.86. The van der Waals surface area contributed by atoms with Crippen LogP contribution in [-0.4, -0.2) is 9.97 Å². The van der Waals surface area contributed by atoms with Crippen molar-refractivity contribution in [3.8, 4) is 0 Å². The first-order valence-corrected chi connectivity index (χ1v) is 8.69. The van der Waals surface area contributed by atoms with Crippen LogP contribution >= 0.6 is 0 Å². The van der Waals surface area contributed by atoms with Crippen molar-refractivity contribution in [1.29, 1.82) is 0 Å². The van der Waals surface area contributed by atoms with Gasteiger partial charge in [0.2, 0.25) is 0 Å². The first kappa shape index (κ1) is 16.4. The summed E-state index contributed by atoms with van der Waals surface area (Å²) >= 11 is 0. The zero-order valence-electron chi connectivity index (χ0n) is 14.9. The second-order valence-corrected chi connectivity index (χ2v) is 6.92. The minimum atomic E-state index is 0.601. The summed E-state index contributed by atoms with van der Waals surface area (Å²) in [5.41, 5.74) is 5.29. The molecule has 124 valence electrons. The van der Waals surface area contributed by atoms with E-state index in [0.29, 0.717) is 11.8 Å². The van der Waals surface area contributed by atoms with Gasteiger partial charge >= 0.3 is 0 Å². The van der Waals surface area contributed by atoms with Gasteiger partial charge in [0.25, 0.3) is 0 Å². The van der Waals surface area contributed by atoms with Crippen LogP contribution in [0.2, 0.25) is 0 Å². The molecule has 0 aliphatic rings. The predicted octanol–water partition coefficient (Wildman–Crippen LogP) is 6.58. The minimum absolute atomic E-state index is 0.601. The van der Waals surface area contributed by atoms with Crippen LogP contribution in [0.15, 0.2) is 60.9 Å². The molecule has 2 N–H and O–H groups in total. The number of hydrogen-bond acceptors (Lipinski definition) is 0. The number of nitrogens with one attached hydrogen (secondary N) is 2. The second kappa shape index (κ2) is 6.96. The molecule has 0 aliphatic carbocycles. The normalized spacial score (nSPS) is 11.2. The van der Waals surface area contributed by atoms with Gasteiger partial charge in [0.15, 0.2) is 0 Å². The molecule has 0 amide bonds. The summed E-state index contributed by atoms with van der Waals surface area (Å²) in [4.78, 5) is 6.40. The van der Waals surface area contributed by atoms with Crippen LogP contribution in [0, 0.1) is 0 Å². The molecule has 0 aliphatic heterocycles. The summed E-state index contributed by atoms with van der Waals surface area (Å²) in [7, 11) is 0. The van der Waals surface area contributed by atoms with Gasteiger partial charge in [0, 0.05) is 28.8 Å². The summed E-state index contributed by atoms with van der Waals surface area (Å²) < 4.78 is 0. The topological polar surface area (TPSA) is 31.6 Å². The molecule has 0 fully saturated rings. The number of rotatable bonds is 2. The van der Waals surface area contributed by atoms with Gasteiger partial charge in [-0.15, -0.1) is 0 Å². The third-order valence-corrected chi connectivity index (χ3v) is 4.49. The number of H-pyrrole nitrogens is 2. The van der Waals surface area contributed by atoms with E-state index in [-0.39, 0.29) is 0 Å². The van der Waals surface area contributed by atoms with Crippen LogP contribution in [0.1, 0.15) is 50.7 Å². The van der Waals surface area contributed by atoms with Crippen LogP contribution in [0.5, 0.6) is 0 Å². The molecule has 2 nitrogen and oxygen atoms in total. The molecule has 0 spiro atoms. The largest absolute Gasteiger partial charge is 0.361 e. The fourth-order valence-electron chi connectivity index (χ4n) is 3.04. The number of fused-ring (bicyclic) bond motifs is 2. The van der Waals surface area contributed by atoms with Crippen molar-refractivity contribution in [3.63, 3.8) is 0 Å². The van der Waals surface area contributed by atoms with Gasteiger partial charge in [-0.05, 0) is 58.7 Å². The lowest BCUT2D eigenvalue weighted by Gasteiger charge is -2.05. The summed E-state index contributed by atoms with van der Waals surface area (Å²) in [6.07, 6.45) is 3.98. The Bertz CT molecular complexity index is 924. The molecule has 2 aromatic carbocycles. The van der Waals surface area contributed by atoms with Gasteiger partial charge in [-0.25, -0.2) is 0 Å².